The third-order valence-corrected chi connectivity index (χ3v) is 5.94. The second kappa shape index (κ2) is 7.63. The molecule has 0 bridgehead atoms. The van der Waals surface area contributed by atoms with Crippen molar-refractivity contribution in [1.82, 2.24) is 0 Å². The molecule has 0 saturated heterocycles. The molecular weight excluding hydrogens is 359 g/mol. The van der Waals surface area contributed by atoms with Crippen LogP contribution in [-0.2, 0) is 0 Å². The Kier molecular flexibility index (Phi) is 5.62. The first-order chi connectivity index (χ1) is 12.7. The van der Waals surface area contributed by atoms with Crippen molar-refractivity contribution in [2.75, 3.05) is 11.4 Å². The molecule has 1 heterocycles. The number of halogens is 2. The van der Waals surface area contributed by atoms with E-state index in [-0.39, 0.29) is 11.4 Å². The van der Waals surface area contributed by atoms with Crippen molar-refractivity contribution in [3.63, 3.8) is 0 Å². The van der Waals surface area contributed by atoms with Crippen LogP contribution in [0.25, 0.3) is 0 Å². The summed E-state index contributed by atoms with van der Waals surface area (Å²) >= 11 is 6.16. The monoisotopic (exact) mass is 386 g/mol. The average molecular weight is 387 g/mol. The highest BCUT2D eigenvalue weighted by atomic mass is 35.5. The van der Waals surface area contributed by atoms with Gasteiger partial charge in [-0.05, 0) is 74.9 Å². The summed E-state index contributed by atoms with van der Waals surface area (Å²) in [6, 6.07) is 9.24. The molecule has 144 valence electrons. The van der Waals surface area contributed by atoms with Crippen LogP contribution < -0.4 is 4.90 Å². The molecule has 0 aromatic heterocycles. The van der Waals surface area contributed by atoms with E-state index in [1.165, 1.54) is 5.56 Å². The Labute approximate surface area is 167 Å². The SMILES string of the molecule is CCCN1c2cc(F)c(C=Nc3cccc(Cl)c3C)cc2C(C)CC1(C)C. The van der Waals surface area contributed by atoms with Crippen molar-refractivity contribution in [3.05, 3.63) is 57.9 Å². The first kappa shape index (κ1) is 19.9. The van der Waals surface area contributed by atoms with Crippen LogP contribution in [0.15, 0.2) is 35.3 Å². The highest BCUT2D eigenvalue weighted by molar-refractivity contribution is 6.31. The molecule has 0 saturated carbocycles. The number of fused-ring (bicyclic) bond motifs is 1. The molecule has 4 heteroatoms. The van der Waals surface area contributed by atoms with E-state index in [9.17, 15) is 4.39 Å². The quantitative estimate of drug-likeness (QED) is 0.514. The average Bonchev–Trinajstić information content (AvgIpc) is 2.60. The molecule has 0 N–H and O–H groups in total. The number of rotatable bonds is 4. The Morgan fingerprint density at radius 1 is 1.33 bits per heavy atom. The molecular formula is C23H28ClFN2. The Morgan fingerprint density at radius 2 is 2.07 bits per heavy atom. The van der Waals surface area contributed by atoms with Gasteiger partial charge in [0.2, 0.25) is 0 Å². The zero-order chi connectivity index (χ0) is 19.8. The Hall–Kier alpha value is -1.87. The van der Waals surface area contributed by atoms with Gasteiger partial charge in [-0.2, -0.15) is 0 Å². The zero-order valence-corrected chi connectivity index (χ0v) is 17.6. The van der Waals surface area contributed by atoms with Gasteiger partial charge in [0.05, 0.1) is 5.69 Å². The smallest absolute Gasteiger partial charge is 0.134 e. The molecule has 1 unspecified atom stereocenters. The van der Waals surface area contributed by atoms with Gasteiger partial charge in [-0.25, -0.2) is 4.39 Å². The van der Waals surface area contributed by atoms with Gasteiger partial charge in [0.25, 0.3) is 0 Å². The first-order valence-electron chi connectivity index (χ1n) is 9.65. The van der Waals surface area contributed by atoms with Crippen LogP contribution in [0.2, 0.25) is 5.02 Å². The van der Waals surface area contributed by atoms with Crippen LogP contribution in [0, 0.1) is 12.7 Å². The number of aliphatic imine (C=N–C) groups is 1. The molecule has 1 aliphatic heterocycles. The van der Waals surface area contributed by atoms with Crippen molar-refractivity contribution >= 4 is 29.2 Å². The van der Waals surface area contributed by atoms with E-state index in [0.717, 1.165) is 36.3 Å². The summed E-state index contributed by atoms with van der Waals surface area (Å²) < 4.78 is 14.9. The maximum atomic E-state index is 14.9. The lowest BCUT2D eigenvalue weighted by Gasteiger charge is -2.47. The number of hydrogen-bond acceptors (Lipinski definition) is 2. The number of nitrogens with zero attached hydrogens (tertiary/aromatic N) is 2. The minimum absolute atomic E-state index is 0.0301. The summed E-state index contributed by atoms with van der Waals surface area (Å²) in [5, 5.41) is 0.668. The van der Waals surface area contributed by atoms with Gasteiger partial charge >= 0.3 is 0 Å². The van der Waals surface area contributed by atoms with E-state index >= 15 is 0 Å². The second-order valence-corrected chi connectivity index (χ2v) is 8.55. The van der Waals surface area contributed by atoms with Crippen molar-refractivity contribution in [3.8, 4) is 0 Å². The van der Waals surface area contributed by atoms with Gasteiger partial charge in [0.15, 0.2) is 0 Å². The lowest BCUT2D eigenvalue weighted by atomic mass is 9.79. The van der Waals surface area contributed by atoms with Crippen molar-refractivity contribution in [2.45, 2.75) is 58.9 Å². The number of benzene rings is 2. The third-order valence-electron chi connectivity index (χ3n) is 5.53. The molecule has 3 rings (SSSR count). The zero-order valence-electron chi connectivity index (χ0n) is 16.8. The van der Waals surface area contributed by atoms with Gasteiger partial charge in [0.1, 0.15) is 5.82 Å². The topological polar surface area (TPSA) is 15.6 Å². The van der Waals surface area contributed by atoms with E-state index in [4.69, 9.17) is 11.6 Å². The summed E-state index contributed by atoms with van der Waals surface area (Å²) in [6.07, 6.45) is 3.71. The van der Waals surface area contributed by atoms with E-state index in [0.29, 0.717) is 16.5 Å². The third kappa shape index (κ3) is 3.89. The van der Waals surface area contributed by atoms with E-state index in [1.54, 1.807) is 12.3 Å². The molecule has 2 aromatic carbocycles. The van der Waals surface area contributed by atoms with Crippen LogP contribution in [0.1, 0.15) is 63.1 Å². The second-order valence-electron chi connectivity index (χ2n) is 8.14. The standard InChI is InChI=1S/C23H28ClFN2/c1-6-10-27-22-12-20(25)17(11-18(22)15(2)13-23(27,4)5)14-26-21-9-7-8-19(24)16(21)3/h7-9,11-12,14-15H,6,10,13H2,1-5H3. The summed E-state index contributed by atoms with van der Waals surface area (Å²) in [4.78, 5) is 6.85. The molecule has 0 fully saturated rings. The van der Waals surface area contributed by atoms with E-state index < -0.39 is 0 Å². The van der Waals surface area contributed by atoms with Crippen LogP contribution in [0.4, 0.5) is 15.8 Å². The molecule has 2 nitrogen and oxygen atoms in total. The minimum atomic E-state index is -0.233. The largest absolute Gasteiger partial charge is 0.366 e. The predicted octanol–water partition coefficient (Wildman–Crippen LogP) is 7.04. The fraction of sp³-hybridized carbons (Fsp3) is 0.435. The minimum Gasteiger partial charge on any atom is -0.366 e. The van der Waals surface area contributed by atoms with Crippen LogP contribution in [0.3, 0.4) is 0 Å². The molecule has 1 atom stereocenters. The van der Waals surface area contributed by atoms with Crippen molar-refractivity contribution < 1.29 is 4.39 Å². The Morgan fingerprint density at radius 3 is 2.78 bits per heavy atom. The Balaban J connectivity index is 2.02. The fourth-order valence-electron chi connectivity index (χ4n) is 4.14. The van der Waals surface area contributed by atoms with E-state index in [2.05, 4.69) is 37.6 Å². The van der Waals surface area contributed by atoms with Crippen LogP contribution >= 0.6 is 11.6 Å². The number of hydrogen-bond donors (Lipinski definition) is 0. The summed E-state index contributed by atoms with van der Waals surface area (Å²) in [5.41, 5.74) is 4.45. The van der Waals surface area contributed by atoms with Crippen molar-refractivity contribution in [2.24, 2.45) is 4.99 Å². The highest BCUT2D eigenvalue weighted by Gasteiger charge is 2.36. The van der Waals surface area contributed by atoms with Crippen LogP contribution in [0.5, 0.6) is 0 Å². The van der Waals surface area contributed by atoms with Gasteiger partial charge in [-0.3, -0.25) is 4.99 Å². The molecule has 27 heavy (non-hydrogen) atoms. The van der Waals surface area contributed by atoms with Gasteiger partial charge < -0.3 is 4.90 Å². The Bertz CT molecular complexity index is 873. The normalized spacial score (nSPS) is 18.8. The molecule has 1 aliphatic rings. The van der Waals surface area contributed by atoms with Gasteiger partial charge in [-0.15, -0.1) is 0 Å². The summed E-state index contributed by atoms with van der Waals surface area (Å²) in [6.45, 7) is 11.7. The summed E-state index contributed by atoms with van der Waals surface area (Å²) in [7, 11) is 0. The molecule has 0 radical (unpaired) electrons. The van der Waals surface area contributed by atoms with Crippen LogP contribution in [-0.4, -0.2) is 18.3 Å². The first-order valence-corrected chi connectivity index (χ1v) is 10.0. The van der Waals surface area contributed by atoms with Gasteiger partial charge in [-0.1, -0.05) is 31.5 Å². The molecule has 0 amide bonds. The fourth-order valence-corrected chi connectivity index (χ4v) is 4.31. The van der Waals surface area contributed by atoms with Crippen molar-refractivity contribution in [1.29, 1.82) is 0 Å². The van der Waals surface area contributed by atoms with E-state index in [1.807, 2.05) is 31.2 Å². The maximum absolute atomic E-state index is 14.9. The molecule has 0 aliphatic carbocycles. The predicted molar refractivity (Wildman–Crippen MR) is 115 cm³/mol. The lowest BCUT2D eigenvalue weighted by molar-refractivity contribution is 0.375. The summed E-state index contributed by atoms with van der Waals surface area (Å²) in [5.74, 6) is 0.145. The molecule has 2 aromatic rings. The van der Waals surface area contributed by atoms with Gasteiger partial charge in [0, 0.05) is 34.6 Å². The number of anilines is 1. The molecule has 0 spiro atoms. The highest BCUT2D eigenvalue weighted by Crippen LogP contribution is 2.44. The maximum Gasteiger partial charge on any atom is 0.134 e. The lowest BCUT2D eigenvalue weighted by Crippen LogP contribution is -2.48.